The molecule has 0 amide bonds. The van der Waals surface area contributed by atoms with Crippen molar-refractivity contribution in [1.82, 2.24) is 9.97 Å². The van der Waals surface area contributed by atoms with Crippen LogP contribution >= 0.6 is 11.8 Å². The molecular formula is C16H19N3OS. The fraction of sp³-hybridized carbons (Fsp3) is 0.375. The number of anilines is 1. The molecule has 0 aliphatic heterocycles. The van der Waals surface area contributed by atoms with Crippen molar-refractivity contribution in [2.75, 3.05) is 19.5 Å². The molecule has 110 valence electrons. The van der Waals surface area contributed by atoms with Gasteiger partial charge in [-0.2, -0.15) is 0 Å². The Morgan fingerprint density at radius 3 is 2.76 bits per heavy atom. The largest absolute Gasteiger partial charge is 0.497 e. The average molecular weight is 301 g/mol. The van der Waals surface area contributed by atoms with E-state index < -0.39 is 0 Å². The zero-order valence-corrected chi connectivity index (χ0v) is 13.3. The van der Waals surface area contributed by atoms with Crippen LogP contribution < -0.4 is 10.1 Å². The molecule has 5 heteroatoms. The second-order valence-corrected chi connectivity index (χ2v) is 6.23. The van der Waals surface area contributed by atoms with Gasteiger partial charge in [0.2, 0.25) is 0 Å². The molecule has 1 aromatic heterocycles. The lowest BCUT2D eigenvalue weighted by molar-refractivity contribution is 0.413. The fourth-order valence-electron chi connectivity index (χ4n) is 2.16. The predicted octanol–water partition coefficient (Wildman–Crippen LogP) is 3.86. The molecule has 1 fully saturated rings. The van der Waals surface area contributed by atoms with Crippen LogP contribution in [-0.4, -0.2) is 24.1 Å². The Morgan fingerprint density at radius 2 is 2.10 bits per heavy atom. The number of rotatable bonds is 5. The van der Waals surface area contributed by atoms with Crippen molar-refractivity contribution in [2.45, 2.75) is 35.6 Å². The summed E-state index contributed by atoms with van der Waals surface area (Å²) in [6.07, 6.45) is 2.41. The minimum absolute atomic E-state index is 0.544. The van der Waals surface area contributed by atoms with Crippen molar-refractivity contribution in [2.24, 2.45) is 0 Å². The maximum Gasteiger partial charge on any atom is 0.135 e. The number of aromatic nitrogens is 2. The molecule has 1 aliphatic carbocycles. The van der Waals surface area contributed by atoms with Crippen molar-refractivity contribution in [3.8, 4) is 5.75 Å². The van der Waals surface area contributed by atoms with E-state index in [1.807, 2.05) is 25.2 Å². The van der Waals surface area contributed by atoms with Gasteiger partial charge in [0.05, 0.1) is 7.11 Å². The van der Waals surface area contributed by atoms with Crippen LogP contribution in [-0.2, 0) is 0 Å². The normalized spacial score (nSPS) is 14.0. The standard InChI is InChI=1S/C16H19N3OS/c1-10-14(17-2)18-15(11-7-8-11)19-16(10)21-13-6-4-5-12(9-13)20-3/h4-6,9,11H,7-8H2,1-3H3,(H,17,18,19). The van der Waals surface area contributed by atoms with Crippen molar-refractivity contribution in [3.05, 3.63) is 35.7 Å². The van der Waals surface area contributed by atoms with Gasteiger partial charge < -0.3 is 10.1 Å². The summed E-state index contributed by atoms with van der Waals surface area (Å²) in [4.78, 5) is 10.5. The molecule has 1 N–H and O–H groups in total. The van der Waals surface area contributed by atoms with E-state index in [9.17, 15) is 0 Å². The summed E-state index contributed by atoms with van der Waals surface area (Å²) in [6, 6.07) is 8.05. The number of methoxy groups -OCH3 is 1. The summed E-state index contributed by atoms with van der Waals surface area (Å²) >= 11 is 1.66. The lowest BCUT2D eigenvalue weighted by atomic mass is 10.3. The molecule has 2 aromatic rings. The minimum atomic E-state index is 0.544. The van der Waals surface area contributed by atoms with Gasteiger partial charge in [-0.1, -0.05) is 17.8 Å². The highest BCUT2D eigenvalue weighted by Crippen LogP contribution is 2.41. The van der Waals surface area contributed by atoms with Gasteiger partial charge in [0.1, 0.15) is 22.4 Å². The van der Waals surface area contributed by atoms with Crippen molar-refractivity contribution in [3.63, 3.8) is 0 Å². The Hall–Kier alpha value is -1.75. The van der Waals surface area contributed by atoms with Gasteiger partial charge in [-0.05, 0) is 38.0 Å². The average Bonchev–Trinajstić information content (AvgIpc) is 3.34. The molecule has 0 unspecified atom stereocenters. The molecule has 1 aliphatic rings. The fourth-order valence-corrected chi connectivity index (χ4v) is 3.09. The summed E-state index contributed by atoms with van der Waals surface area (Å²) in [7, 11) is 3.59. The number of benzene rings is 1. The van der Waals surface area contributed by atoms with E-state index in [2.05, 4.69) is 23.3 Å². The Morgan fingerprint density at radius 1 is 1.29 bits per heavy atom. The van der Waals surface area contributed by atoms with E-state index in [1.165, 1.54) is 12.8 Å². The SMILES string of the molecule is CNc1nc(C2CC2)nc(Sc2cccc(OC)c2)c1C. The van der Waals surface area contributed by atoms with E-state index >= 15 is 0 Å². The van der Waals surface area contributed by atoms with Crippen LogP contribution in [0.5, 0.6) is 5.75 Å². The second kappa shape index (κ2) is 5.93. The predicted molar refractivity (Wildman–Crippen MR) is 85.4 cm³/mol. The number of nitrogens with zero attached hydrogens (tertiary/aromatic N) is 2. The first-order valence-corrected chi connectivity index (χ1v) is 7.91. The third-order valence-electron chi connectivity index (χ3n) is 3.55. The summed E-state index contributed by atoms with van der Waals surface area (Å²) < 4.78 is 5.28. The van der Waals surface area contributed by atoms with Crippen LogP contribution in [0.1, 0.15) is 30.1 Å². The molecule has 0 bridgehead atoms. The quantitative estimate of drug-likeness (QED) is 0.850. The Kier molecular flexibility index (Phi) is 4.01. The number of hydrogen-bond acceptors (Lipinski definition) is 5. The first-order valence-electron chi connectivity index (χ1n) is 7.09. The molecule has 4 nitrogen and oxygen atoms in total. The molecule has 0 radical (unpaired) electrons. The van der Waals surface area contributed by atoms with Crippen molar-refractivity contribution >= 4 is 17.6 Å². The maximum atomic E-state index is 5.28. The number of hydrogen-bond donors (Lipinski definition) is 1. The molecule has 3 rings (SSSR count). The second-order valence-electron chi connectivity index (χ2n) is 5.17. The third kappa shape index (κ3) is 3.13. The molecule has 1 heterocycles. The highest BCUT2D eigenvalue weighted by molar-refractivity contribution is 7.99. The highest BCUT2D eigenvalue weighted by Gasteiger charge is 2.28. The van der Waals surface area contributed by atoms with Gasteiger partial charge in [-0.25, -0.2) is 9.97 Å². The zero-order valence-electron chi connectivity index (χ0n) is 12.5. The van der Waals surface area contributed by atoms with Crippen LogP contribution in [0.3, 0.4) is 0 Å². The van der Waals surface area contributed by atoms with Gasteiger partial charge in [0, 0.05) is 23.4 Å². The van der Waals surface area contributed by atoms with Crippen molar-refractivity contribution in [1.29, 1.82) is 0 Å². The molecule has 0 spiro atoms. The lowest BCUT2D eigenvalue weighted by Gasteiger charge is -2.12. The van der Waals surface area contributed by atoms with Gasteiger partial charge in [-0.3, -0.25) is 0 Å². The van der Waals surface area contributed by atoms with Crippen molar-refractivity contribution < 1.29 is 4.74 Å². The summed E-state index contributed by atoms with van der Waals surface area (Å²) in [6.45, 7) is 2.06. The first kappa shape index (κ1) is 14.2. The van der Waals surface area contributed by atoms with Crippen LogP contribution in [0.15, 0.2) is 34.2 Å². The van der Waals surface area contributed by atoms with E-state index in [1.54, 1.807) is 18.9 Å². The van der Waals surface area contributed by atoms with Crippen LogP contribution in [0, 0.1) is 6.92 Å². The topological polar surface area (TPSA) is 47.0 Å². The van der Waals surface area contributed by atoms with E-state index in [4.69, 9.17) is 9.72 Å². The van der Waals surface area contributed by atoms with E-state index in [0.29, 0.717) is 5.92 Å². The van der Waals surface area contributed by atoms with E-state index in [-0.39, 0.29) is 0 Å². The number of nitrogens with one attached hydrogen (secondary N) is 1. The Labute approximate surface area is 129 Å². The Balaban J connectivity index is 1.94. The monoisotopic (exact) mass is 301 g/mol. The molecule has 21 heavy (non-hydrogen) atoms. The maximum absolute atomic E-state index is 5.28. The molecule has 0 saturated heterocycles. The molecule has 1 saturated carbocycles. The third-order valence-corrected chi connectivity index (χ3v) is 4.63. The summed E-state index contributed by atoms with van der Waals surface area (Å²) in [5.74, 6) is 3.30. The molecule has 1 aromatic carbocycles. The zero-order chi connectivity index (χ0) is 14.8. The van der Waals surface area contributed by atoms with Crippen LogP contribution in [0.2, 0.25) is 0 Å². The first-order chi connectivity index (χ1) is 10.2. The van der Waals surface area contributed by atoms with Gasteiger partial charge in [-0.15, -0.1) is 0 Å². The highest BCUT2D eigenvalue weighted by atomic mass is 32.2. The summed E-state index contributed by atoms with van der Waals surface area (Å²) in [5, 5.41) is 4.20. The van der Waals surface area contributed by atoms with E-state index in [0.717, 1.165) is 32.9 Å². The van der Waals surface area contributed by atoms with Crippen LogP contribution in [0.4, 0.5) is 5.82 Å². The Bertz CT molecular complexity index is 656. The molecule has 0 atom stereocenters. The summed E-state index contributed by atoms with van der Waals surface area (Å²) in [5.41, 5.74) is 1.09. The smallest absolute Gasteiger partial charge is 0.135 e. The van der Waals surface area contributed by atoms with Crippen LogP contribution in [0.25, 0.3) is 0 Å². The van der Waals surface area contributed by atoms with Gasteiger partial charge in [0.25, 0.3) is 0 Å². The molecular weight excluding hydrogens is 282 g/mol. The minimum Gasteiger partial charge on any atom is -0.497 e. The van der Waals surface area contributed by atoms with Gasteiger partial charge in [0.15, 0.2) is 0 Å². The van der Waals surface area contributed by atoms with Gasteiger partial charge >= 0.3 is 0 Å². The number of ether oxygens (including phenoxy) is 1. The lowest BCUT2D eigenvalue weighted by Crippen LogP contribution is -2.04.